The van der Waals surface area contributed by atoms with Gasteiger partial charge in [0.05, 0.1) is 0 Å². The molecule has 2 heterocycles. The van der Waals surface area contributed by atoms with Crippen molar-refractivity contribution in [3.05, 3.63) is 34.3 Å². The number of nitrogens with one attached hydrogen (secondary N) is 1. The highest BCUT2D eigenvalue weighted by Gasteiger charge is 2.27. The molecule has 1 fully saturated rings. The second kappa shape index (κ2) is 5.76. The van der Waals surface area contributed by atoms with E-state index in [0.29, 0.717) is 11.7 Å². The second-order valence-corrected chi connectivity index (χ2v) is 6.17. The van der Waals surface area contributed by atoms with Gasteiger partial charge in [-0.3, -0.25) is 0 Å². The predicted molar refractivity (Wildman–Crippen MR) is 83.1 cm³/mol. The molecule has 0 unspecified atom stereocenters. The molecule has 1 aliphatic rings. The standard InChI is InChI=1S/C14H19N5S/c1-19(7-6-11-3-2-8-20-11)13-9-12(18-15)16-14(17-13)10-4-5-10/h2-3,8-10H,4-7,15H2,1H3,(H,16,17,18). The third-order valence-corrected chi connectivity index (χ3v) is 4.42. The molecule has 0 radical (unpaired) electrons. The third kappa shape index (κ3) is 3.08. The molecule has 3 rings (SSSR count). The fourth-order valence-corrected chi connectivity index (χ4v) is 2.79. The lowest BCUT2D eigenvalue weighted by atomic mass is 10.3. The molecule has 5 nitrogen and oxygen atoms in total. The average molecular weight is 289 g/mol. The Bertz CT molecular complexity index is 565. The van der Waals surface area contributed by atoms with Crippen molar-refractivity contribution < 1.29 is 0 Å². The minimum Gasteiger partial charge on any atom is -0.359 e. The maximum Gasteiger partial charge on any atom is 0.145 e. The summed E-state index contributed by atoms with van der Waals surface area (Å²) in [6.07, 6.45) is 3.40. The van der Waals surface area contributed by atoms with Gasteiger partial charge in [0.1, 0.15) is 17.5 Å². The summed E-state index contributed by atoms with van der Waals surface area (Å²) in [6, 6.07) is 6.16. The Labute approximate surface area is 122 Å². The maximum atomic E-state index is 5.50. The van der Waals surface area contributed by atoms with Crippen LogP contribution in [-0.4, -0.2) is 23.6 Å². The monoisotopic (exact) mass is 289 g/mol. The van der Waals surface area contributed by atoms with E-state index in [4.69, 9.17) is 5.84 Å². The Kier molecular flexibility index (Phi) is 3.84. The first kappa shape index (κ1) is 13.3. The van der Waals surface area contributed by atoms with Gasteiger partial charge in [-0.1, -0.05) is 6.07 Å². The summed E-state index contributed by atoms with van der Waals surface area (Å²) < 4.78 is 0. The number of hydrogen-bond donors (Lipinski definition) is 2. The zero-order valence-corrected chi connectivity index (χ0v) is 12.4. The number of hydrogen-bond acceptors (Lipinski definition) is 6. The fraction of sp³-hybridized carbons (Fsp3) is 0.429. The van der Waals surface area contributed by atoms with E-state index in [1.807, 2.05) is 6.07 Å². The van der Waals surface area contributed by atoms with E-state index >= 15 is 0 Å². The van der Waals surface area contributed by atoms with Crippen molar-refractivity contribution in [1.29, 1.82) is 0 Å². The zero-order valence-electron chi connectivity index (χ0n) is 11.5. The molecule has 2 aromatic heterocycles. The van der Waals surface area contributed by atoms with Gasteiger partial charge in [-0.05, 0) is 30.7 Å². The first-order valence-electron chi connectivity index (χ1n) is 6.85. The number of likely N-dealkylation sites (N-methyl/N-ethyl adjacent to an activating group) is 1. The Morgan fingerprint density at radius 2 is 2.30 bits per heavy atom. The first-order chi connectivity index (χ1) is 9.76. The van der Waals surface area contributed by atoms with Crippen LogP contribution in [0.15, 0.2) is 23.6 Å². The lowest BCUT2D eigenvalue weighted by Crippen LogP contribution is -2.22. The van der Waals surface area contributed by atoms with Crippen molar-refractivity contribution in [3.63, 3.8) is 0 Å². The quantitative estimate of drug-likeness (QED) is 0.631. The summed E-state index contributed by atoms with van der Waals surface area (Å²) in [7, 11) is 2.06. The highest BCUT2D eigenvalue weighted by molar-refractivity contribution is 7.09. The number of nitrogens with zero attached hydrogens (tertiary/aromatic N) is 3. The number of rotatable bonds is 6. The van der Waals surface area contributed by atoms with E-state index in [-0.39, 0.29) is 0 Å². The number of thiophene rings is 1. The molecule has 0 spiro atoms. The summed E-state index contributed by atoms with van der Waals surface area (Å²) in [4.78, 5) is 12.7. The molecule has 1 aliphatic carbocycles. The van der Waals surface area contributed by atoms with Crippen LogP contribution < -0.4 is 16.2 Å². The van der Waals surface area contributed by atoms with Gasteiger partial charge in [0.15, 0.2) is 0 Å². The highest BCUT2D eigenvalue weighted by Crippen LogP contribution is 2.39. The summed E-state index contributed by atoms with van der Waals surface area (Å²) in [5, 5.41) is 2.11. The number of nitrogen functional groups attached to an aromatic ring is 1. The van der Waals surface area contributed by atoms with Gasteiger partial charge in [0, 0.05) is 30.5 Å². The minimum atomic E-state index is 0.521. The molecule has 0 bridgehead atoms. The molecular weight excluding hydrogens is 270 g/mol. The van der Waals surface area contributed by atoms with Crippen LogP contribution in [0.5, 0.6) is 0 Å². The van der Waals surface area contributed by atoms with Crippen molar-refractivity contribution in [1.82, 2.24) is 9.97 Å². The molecule has 0 aromatic carbocycles. The van der Waals surface area contributed by atoms with Crippen molar-refractivity contribution in [2.45, 2.75) is 25.2 Å². The van der Waals surface area contributed by atoms with Crippen molar-refractivity contribution in [2.24, 2.45) is 5.84 Å². The third-order valence-electron chi connectivity index (χ3n) is 3.49. The molecule has 3 N–H and O–H groups in total. The topological polar surface area (TPSA) is 67.1 Å². The first-order valence-corrected chi connectivity index (χ1v) is 7.73. The molecule has 2 aromatic rings. The van der Waals surface area contributed by atoms with Crippen LogP contribution in [0.25, 0.3) is 0 Å². The number of nitrogens with two attached hydrogens (primary N) is 1. The van der Waals surface area contributed by atoms with E-state index < -0.39 is 0 Å². The molecule has 0 atom stereocenters. The summed E-state index contributed by atoms with van der Waals surface area (Å²) in [6.45, 7) is 0.936. The van der Waals surface area contributed by atoms with Crippen LogP contribution in [-0.2, 0) is 6.42 Å². The van der Waals surface area contributed by atoms with Crippen LogP contribution in [0.1, 0.15) is 29.5 Å². The van der Waals surface area contributed by atoms with E-state index in [2.05, 4.69) is 44.9 Å². The van der Waals surface area contributed by atoms with Crippen molar-refractivity contribution >= 4 is 23.0 Å². The minimum absolute atomic E-state index is 0.521. The summed E-state index contributed by atoms with van der Waals surface area (Å²) in [5.74, 6) is 8.57. The van der Waals surface area contributed by atoms with Gasteiger partial charge < -0.3 is 10.3 Å². The predicted octanol–water partition coefficient (Wildman–Crippen LogP) is 2.38. The summed E-state index contributed by atoms with van der Waals surface area (Å²) in [5.41, 5.74) is 2.64. The average Bonchev–Trinajstić information content (AvgIpc) is 3.21. The zero-order chi connectivity index (χ0) is 13.9. The smallest absolute Gasteiger partial charge is 0.145 e. The van der Waals surface area contributed by atoms with Crippen LogP contribution in [0.4, 0.5) is 11.6 Å². The Morgan fingerprint density at radius 1 is 1.45 bits per heavy atom. The van der Waals surface area contributed by atoms with E-state index in [1.165, 1.54) is 17.7 Å². The fourth-order valence-electron chi connectivity index (χ4n) is 2.09. The molecule has 0 aliphatic heterocycles. The van der Waals surface area contributed by atoms with Crippen molar-refractivity contribution in [3.8, 4) is 0 Å². The van der Waals surface area contributed by atoms with Gasteiger partial charge in [0.2, 0.25) is 0 Å². The Balaban J connectivity index is 1.72. The SMILES string of the molecule is CN(CCc1cccs1)c1cc(NN)nc(C2CC2)n1. The molecule has 1 saturated carbocycles. The Morgan fingerprint density at radius 3 is 2.95 bits per heavy atom. The number of hydrazine groups is 1. The molecular formula is C14H19N5S. The number of anilines is 2. The Hall–Kier alpha value is -1.66. The van der Waals surface area contributed by atoms with E-state index in [9.17, 15) is 0 Å². The molecule has 0 amide bonds. The molecule has 20 heavy (non-hydrogen) atoms. The van der Waals surface area contributed by atoms with E-state index in [1.54, 1.807) is 11.3 Å². The van der Waals surface area contributed by atoms with Gasteiger partial charge in [0.25, 0.3) is 0 Å². The van der Waals surface area contributed by atoms with Crippen molar-refractivity contribution in [2.75, 3.05) is 23.9 Å². The lowest BCUT2D eigenvalue weighted by molar-refractivity contribution is 0.840. The number of aromatic nitrogens is 2. The van der Waals surface area contributed by atoms with Gasteiger partial charge in [-0.15, -0.1) is 11.3 Å². The largest absolute Gasteiger partial charge is 0.359 e. The van der Waals surface area contributed by atoms with Crippen LogP contribution in [0, 0.1) is 0 Å². The molecule has 0 saturated heterocycles. The van der Waals surface area contributed by atoms with Gasteiger partial charge >= 0.3 is 0 Å². The molecule has 6 heteroatoms. The van der Waals surface area contributed by atoms with Gasteiger partial charge in [-0.25, -0.2) is 15.8 Å². The van der Waals surface area contributed by atoms with Gasteiger partial charge in [-0.2, -0.15) is 0 Å². The van der Waals surface area contributed by atoms with Crippen LogP contribution in [0.3, 0.4) is 0 Å². The second-order valence-electron chi connectivity index (χ2n) is 5.14. The lowest BCUT2D eigenvalue weighted by Gasteiger charge is -2.19. The van der Waals surface area contributed by atoms with Crippen LogP contribution >= 0.6 is 11.3 Å². The normalized spacial score (nSPS) is 14.3. The highest BCUT2D eigenvalue weighted by atomic mass is 32.1. The molecule has 106 valence electrons. The van der Waals surface area contributed by atoms with Crippen LogP contribution in [0.2, 0.25) is 0 Å². The van der Waals surface area contributed by atoms with E-state index in [0.717, 1.165) is 24.6 Å². The maximum absolute atomic E-state index is 5.50. The summed E-state index contributed by atoms with van der Waals surface area (Å²) >= 11 is 1.79.